The molecule has 0 spiro atoms. The second kappa shape index (κ2) is 50.9. The molecule has 3 unspecified atom stereocenters. The topological polar surface area (TPSA) is 318 Å². The number of para-hydroxylation sites is 2. The van der Waals surface area contributed by atoms with Gasteiger partial charge in [-0.2, -0.15) is 0 Å². The number of aromatic hydroxyl groups is 1. The van der Waals surface area contributed by atoms with Gasteiger partial charge in [-0.05, 0) is 218 Å². The maximum absolute atomic E-state index is 15.7. The van der Waals surface area contributed by atoms with Gasteiger partial charge in [0.25, 0.3) is 17.7 Å². The summed E-state index contributed by atoms with van der Waals surface area (Å²) in [4.78, 5) is 112. The Kier molecular flexibility index (Phi) is 37.9. The van der Waals surface area contributed by atoms with Crippen molar-refractivity contribution in [2.75, 3.05) is 103 Å². The van der Waals surface area contributed by atoms with Gasteiger partial charge in [0.15, 0.2) is 34.7 Å². The zero-order valence-electron chi connectivity index (χ0n) is 84.7. The third-order valence-electron chi connectivity index (χ3n) is 27.0. The smallest absolute Gasteiger partial charge is 0.312 e. The second-order valence-electron chi connectivity index (χ2n) is 36.1. The number of pyridine rings is 2. The summed E-state index contributed by atoms with van der Waals surface area (Å²) < 4.78 is 121. The van der Waals surface area contributed by atoms with Gasteiger partial charge in [0, 0.05) is 78.3 Å². The fourth-order valence-corrected chi connectivity index (χ4v) is 18.7. The predicted molar refractivity (Wildman–Crippen MR) is 554 cm³/mol. The molecule has 17 rings (SSSR count). The number of carbonyl (C=O) groups is 6. The van der Waals surface area contributed by atoms with Gasteiger partial charge in [-0.15, -0.1) is 0 Å². The molecule has 11 aromatic carbocycles. The molecule has 1 N–H and O–H groups in total. The first-order chi connectivity index (χ1) is 71.6. The molecule has 1 aliphatic heterocycles. The van der Waals surface area contributed by atoms with Crippen molar-refractivity contribution in [3.05, 3.63) is 326 Å². The van der Waals surface area contributed by atoms with Crippen LogP contribution in [0.3, 0.4) is 0 Å². The molecule has 4 fully saturated rings. The van der Waals surface area contributed by atoms with Crippen molar-refractivity contribution in [3.63, 3.8) is 0 Å². The average molecular weight is 2070 g/mol. The Morgan fingerprint density at radius 1 is 0.353 bits per heavy atom. The van der Waals surface area contributed by atoms with E-state index >= 15 is 8.78 Å². The Balaban J connectivity index is 0.000000189. The molecule has 2 aromatic heterocycles. The molecule has 785 valence electrons. The van der Waals surface area contributed by atoms with Crippen LogP contribution in [0.15, 0.2) is 243 Å². The van der Waals surface area contributed by atoms with Gasteiger partial charge in [0.05, 0.1) is 150 Å². The highest BCUT2D eigenvalue weighted by molar-refractivity contribution is 6.30. The van der Waals surface area contributed by atoms with Crippen LogP contribution in [0.2, 0.25) is 5.15 Å². The van der Waals surface area contributed by atoms with Gasteiger partial charge in [-0.1, -0.05) is 110 Å². The van der Waals surface area contributed by atoms with E-state index in [1.54, 1.807) is 146 Å². The van der Waals surface area contributed by atoms with Crippen LogP contribution in [0.25, 0.3) is 21.8 Å². The van der Waals surface area contributed by atoms with E-state index in [2.05, 4.69) is 9.88 Å². The van der Waals surface area contributed by atoms with Gasteiger partial charge in [-0.3, -0.25) is 43.3 Å². The van der Waals surface area contributed by atoms with E-state index in [-0.39, 0.29) is 119 Å². The van der Waals surface area contributed by atoms with Gasteiger partial charge >= 0.3 is 17.9 Å². The van der Waals surface area contributed by atoms with Crippen molar-refractivity contribution in [1.82, 2.24) is 25.2 Å². The monoisotopic (exact) mass is 2070 g/mol. The number of halogens is 4. The summed E-state index contributed by atoms with van der Waals surface area (Å²) in [5.74, 6) is -1.40. The Morgan fingerprint density at radius 3 is 0.993 bits per heavy atom. The van der Waals surface area contributed by atoms with Crippen molar-refractivity contribution in [2.45, 2.75) is 111 Å². The normalized spacial score (nSPS) is 16.8. The number of benzene rings is 11. The SMILES string of the molecule is C.COC(=O)[C@@]1(Cc2ccc(O)c(F)c2)CC1C(=O)N(Cc1ccc(OC)cc1OC)OCc1ccc(OC)cc1.COC(=O)[C@@]1(Cc2ccc(OCc3cc(Cl)nc4ccccc34)c(F)c2)CC1C(=O)N(Cc1ccc(OC)cc1OC)OCc1ccc(OC)cc1.COC(=O)[C@@]1(Cc2ccc(OCc3cc(N4CCCC4)nc4ccccc34)c(F)c2)CC1C(=O)N(Cc1ccc(OC)cc1OC)OCc1ccc(OC)cc1.[B]. The molecule has 13 aromatic rings. The summed E-state index contributed by atoms with van der Waals surface area (Å²) in [6.07, 6.45) is 3.05. The summed E-state index contributed by atoms with van der Waals surface area (Å²) >= 11 is 6.21. The van der Waals surface area contributed by atoms with Crippen LogP contribution in [0.1, 0.15) is 101 Å². The van der Waals surface area contributed by atoms with Crippen LogP contribution in [0.5, 0.6) is 69.0 Å². The Hall–Kier alpha value is -15.5. The van der Waals surface area contributed by atoms with Crippen molar-refractivity contribution < 1.29 is 128 Å². The number of nitrogens with zero attached hydrogens (tertiary/aromatic N) is 6. The molecule has 3 saturated carbocycles. The number of aromatic nitrogens is 2. The molecule has 3 heterocycles. The minimum atomic E-state index is -1.22. The maximum atomic E-state index is 15.7. The van der Waals surface area contributed by atoms with Crippen LogP contribution >= 0.6 is 11.6 Å². The lowest BCUT2D eigenvalue weighted by atomic mass is 9.93. The summed E-state index contributed by atoms with van der Waals surface area (Å²) in [6.45, 7) is 2.42. The lowest BCUT2D eigenvalue weighted by molar-refractivity contribution is -0.198. The van der Waals surface area contributed by atoms with Crippen molar-refractivity contribution in [3.8, 4) is 69.0 Å². The lowest BCUT2D eigenvalue weighted by Gasteiger charge is -2.25. The first-order valence-electron chi connectivity index (χ1n) is 47.7. The second-order valence-corrected chi connectivity index (χ2v) is 36.5. The fraction of sp³-hybridized carbons (Fsp3) is 0.322. The minimum Gasteiger partial charge on any atom is -0.505 e. The molecule has 30 nitrogen and oxygen atoms in total. The number of esters is 3. The summed E-state index contributed by atoms with van der Waals surface area (Å²) in [5, 5.41) is 15.4. The molecule has 4 aliphatic rings. The lowest BCUT2D eigenvalue weighted by Crippen LogP contribution is -2.36. The van der Waals surface area contributed by atoms with Gasteiger partial charge < -0.3 is 76.3 Å². The zero-order valence-corrected chi connectivity index (χ0v) is 85.4. The number of phenolic OH excluding ortho intramolecular Hbond substituents is 1. The molecule has 3 aliphatic carbocycles. The molecule has 0 bridgehead atoms. The minimum absolute atomic E-state index is 0. The molecule has 35 heteroatoms. The Bertz CT molecular complexity index is 6920. The van der Waals surface area contributed by atoms with E-state index in [9.17, 15) is 38.3 Å². The molecular weight excluding hydrogens is 1950 g/mol. The first kappa shape index (κ1) is 112. The van der Waals surface area contributed by atoms with Crippen molar-refractivity contribution in [1.29, 1.82) is 0 Å². The van der Waals surface area contributed by atoms with Gasteiger partial charge in [-0.25, -0.2) is 38.3 Å². The summed E-state index contributed by atoms with van der Waals surface area (Å²) in [5.41, 5.74) is 5.51. The molecule has 150 heavy (non-hydrogen) atoms. The maximum Gasteiger partial charge on any atom is 0.312 e. The summed E-state index contributed by atoms with van der Waals surface area (Å²) in [6, 6.07) is 69.7. The third kappa shape index (κ3) is 26.4. The molecule has 3 amide bonds. The van der Waals surface area contributed by atoms with E-state index in [1.165, 1.54) is 88.2 Å². The number of amides is 3. The molecular formula is C115H120BClF3N6O24. The number of carbonyl (C=O) groups excluding carboxylic acids is 6. The number of rotatable bonds is 43. The highest BCUT2D eigenvalue weighted by atomic mass is 35.5. The molecule has 3 radical (unpaired) electrons. The van der Waals surface area contributed by atoms with Crippen LogP contribution < -0.4 is 57.0 Å². The predicted octanol–water partition coefficient (Wildman–Crippen LogP) is 19.7. The number of hydrogen-bond donors (Lipinski definition) is 1. The van der Waals surface area contributed by atoms with Crippen molar-refractivity contribution >= 4 is 83.3 Å². The van der Waals surface area contributed by atoms with Gasteiger partial charge in [0.1, 0.15) is 95.8 Å². The van der Waals surface area contributed by atoms with Crippen LogP contribution in [-0.2, 0) is 129 Å². The number of hydroxylamine groups is 6. The van der Waals surface area contributed by atoms with E-state index in [0.29, 0.717) is 95.8 Å². The van der Waals surface area contributed by atoms with Gasteiger partial charge in [0.2, 0.25) is 0 Å². The van der Waals surface area contributed by atoms with E-state index in [0.717, 1.165) is 81.9 Å². The van der Waals surface area contributed by atoms with E-state index < -0.39 is 92.8 Å². The Morgan fingerprint density at radius 2 is 0.667 bits per heavy atom. The summed E-state index contributed by atoms with van der Waals surface area (Å²) in [7, 11) is 17.8. The Labute approximate surface area is 875 Å². The largest absolute Gasteiger partial charge is 0.505 e. The van der Waals surface area contributed by atoms with E-state index in [4.69, 9.17) is 97.4 Å². The number of phenols is 1. The van der Waals surface area contributed by atoms with Crippen LogP contribution in [0.4, 0.5) is 19.0 Å². The number of ether oxygens (including phenoxy) is 14. The highest BCUT2D eigenvalue weighted by Gasteiger charge is 2.68. The fourth-order valence-electron chi connectivity index (χ4n) is 18.5. The number of fused-ring (bicyclic) bond motifs is 2. The quantitative estimate of drug-likeness (QED) is 0.0122. The number of hydrogen-bond acceptors (Lipinski definition) is 27. The highest BCUT2D eigenvalue weighted by Crippen LogP contribution is 2.60. The first-order valence-corrected chi connectivity index (χ1v) is 48.1. The van der Waals surface area contributed by atoms with Crippen LogP contribution in [-0.4, -0.2) is 173 Å². The van der Waals surface area contributed by atoms with E-state index in [1.807, 2.05) is 103 Å². The third-order valence-corrected chi connectivity index (χ3v) is 27.2. The van der Waals surface area contributed by atoms with Crippen molar-refractivity contribution in [2.24, 2.45) is 34.0 Å². The standard InChI is InChI=1S/C44H46FN3O8.C40H38ClFN2O8.C30H32FNO8.CH4.B/c1-51-33-15-11-29(12-16-33)27-56-48(26-31-14-17-34(52-2)23-40(31)53-3)42(49)36-25-44(36,43(50)54-4)24-30-13-18-39(37(45)21-30)55-28-32-22-41(47-19-7-8-20-47)46-38-10-6-5-9-35(32)38;1-47-29-13-9-25(10-14-29)23-52-44(22-27-12-15-30(48-2)19-36(27)49-3)38(45)32-21-40(32,39(46)50-4)20-26-11-16-35(33(42)17-26)51-24-28-18-37(41)43-34-8-6-5-7-31(28)34;1-36-22-9-5-19(6-10-22)18-40-32(17-21-8-11-23(37-2)14-27(21)38-3)28(34)24-16-30(24,29(35)39-4)15-20-7-12-26(33)25(31)13-20;;/h5-6,9-18,21-23,36H,7-8,19-20,24-28H2,1-4H3;5-19,32H,20-24H2,1-4H3;5-14,24,33H,15-18H2,1-4H3;1H4;/t36?,44-;32?,40-;24?,30-;;/m000../s1. The molecule has 1 saturated heterocycles. The zero-order chi connectivity index (χ0) is 105. The average Bonchev–Trinajstić information content (AvgIpc) is 1.57. The number of anilines is 1. The number of methoxy groups -OCH3 is 12. The van der Waals surface area contributed by atoms with Crippen LogP contribution in [0, 0.1) is 51.5 Å². The molecule has 6 atom stereocenters.